The fraction of sp³-hybridized carbons (Fsp3) is 0. The maximum absolute atomic E-state index is 11.9. The lowest BCUT2D eigenvalue weighted by Gasteiger charge is -1.78. The van der Waals surface area contributed by atoms with E-state index in [4.69, 9.17) is 13.0 Å². The number of rotatable bonds is 0. The molecule has 1 aromatic carbocycles. The van der Waals surface area contributed by atoms with Crippen molar-refractivity contribution in [2.45, 2.75) is 0 Å². The SMILES string of the molecule is Fc1ccccc1.O=S(=O)(O)Cl. The van der Waals surface area contributed by atoms with Crippen molar-refractivity contribution in [1.29, 1.82) is 0 Å². The summed E-state index contributed by atoms with van der Waals surface area (Å²) in [5.74, 6) is -0.178. The molecule has 0 fully saturated rings. The number of benzene rings is 1. The third-order valence-corrected chi connectivity index (χ3v) is 0.733. The summed E-state index contributed by atoms with van der Waals surface area (Å²) >= 11 is 0. The molecule has 68 valence electrons. The molecule has 3 nitrogen and oxygen atoms in total. The first-order valence-corrected chi connectivity index (χ1v) is 5.04. The molecule has 0 heterocycles. The standard InChI is InChI=1S/C6H5F.ClHO3S/c7-6-4-2-1-3-5-6;1-5(2,3)4/h1-5H;(H,2,3,4). The second-order valence-electron chi connectivity index (χ2n) is 1.71. The predicted octanol–water partition coefficient (Wildman–Crippen LogP) is 1.85. The van der Waals surface area contributed by atoms with Crippen LogP contribution in [0.3, 0.4) is 0 Å². The van der Waals surface area contributed by atoms with E-state index in [0.717, 1.165) is 0 Å². The Morgan fingerprint density at radius 1 is 1.25 bits per heavy atom. The van der Waals surface area contributed by atoms with Gasteiger partial charge >= 0.3 is 9.33 Å². The van der Waals surface area contributed by atoms with Gasteiger partial charge in [-0.1, -0.05) is 18.2 Å². The van der Waals surface area contributed by atoms with Gasteiger partial charge in [0.25, 0.3) is 0 Å². The highest BCUT2D eigenvalue weighted by atomic mass is 35.7. The lowest BCUT2D eigenvalue weighted by Crippen LogP contribution is -1.77. The van der Waals surface area contributed by atoms with Crippen molar-refractivity contribution in [2.24, 2.45) is 0 Å². The molecular formula is C6H6ClFO3S. The third-order valence-electron chi connectivity index (χ3n) is 0.733. The minimum absolute atomic E-state index is 0.178. The lowest BCUT2D eigenvalue weighted by atomic mass is 10.4. The van der Waals surface area contributed by atoms with E-state index in [2.05, 4.69) is 10.7 Å². The normalized spacial score (nSPS) is 9.92. The molecular weight excluding hydrogens is 207 g/mol. The topological polar surface area (TPSA) is 54.4 Å². The molecule has 6 heteroatoms. The van der Waals surface area contributed by atoms with Gasteiger partial charge in [0.15, 0.2) is 0 Å². The van der Waals surface area contributed by atoms with E-state index in [0.29, 0.717) is 0 Å². The maximum Gasteiger partial charge on any atom is 0.353 e. The van der Waals surface area contributed by atoms with E-state index < -0.39 is 9.33 Å². The maximum atomic E-state index is 11.9. The minimum Gasteiger partial charge on any atom is -0.273 e. The molecule has 1 aromatic rings. The highest BCUT2D eigenvalue weighted by Gasteiger charge is 1.86. The molecule has 1 rings (SSSR count). The first-order valence-electron chi connectivity index (χ1n) is 2.77. The highest BCUT2D eigenvalue weighted by molar-refractivity contribution is 8.09. The first kappa shape index (κ1) is 11.4. The van der Waals surface area contributed by atoms with Crippen molar-refractivity contribution in [3.8, 4) is 0 Å². The van der Waals surface area contributed by atoms with Crippen molar-refractivity contribution in [2.75, 3.05) is 0 Å². The predicted molar refractivity (Wildman–Crippen MR) is 43.8 cm³/mol. The van der Waals surface area contributed by atoms with Crippen LogP contribution in [0.25, 0.3) is 0 Å². The van der Waals surface area contributed by atoms with Crippen LogP contribution in [0.2, 0.25) is 0 Å². The van der Waals surface area contributed by atoms with E-state index in [1.54, 1.807) is 18.2 Å². The number of hydrogen-bond acceptors (Lipinski definition) is 2. The van der Waals surface area contributed by atoms with Crippen LogP contribution >= 0.6 is 10.7 Å². The van der Waals surface area contributed by atoms with Crippen molar-refractivity contribution in [1.82, 2.24) is 0 Å². The van der Waals surface area contributed by atoms with E-state index in [9.17, 15) is 4.39 Å². The second kappa shape index (κ2) is 5.08. The van der Waals surface area contributed by atoms with E-state index in [1.165, 1.54) is 12.1 Å². The van der Waals surface area contributed by atoms with Crippen molar-refractivity contribution in [3.05, 3.63) is 36.1 Å². The molecule has 0 aliphatic heterocycles. The zero-order valence-corrected chi connectivity index (χ0v) is 7.39. The van der Waals surface area contributed by atoms with Gasteiger partial charge in [-0.2, -0.15) is 8.42 Å². The Morgan fingerprint density at radius 2 is 1.58 bits per heavy atom. The molecule has 0 aliphatic rings. The van der Waals surface area contributed by atoms with Gasteiger partial charge in [-0.3, -0.25) is 4.55 Å². The molecule has 0 bridgehead atoms. The zero-order chi connectivity index (χ0) is 9.61. The van der Waals surface area contributed by atoms with Crippen LogP contribution < -0.4 is 0 Å². The molecule has 0 spiro atoms. The van der Waals surface area contributed by atoms with Crippen LogP contribution in [0.4, 0.5) is 4.39 Å². The van der Waals surface area contributed by atoms with Gasteiger partial charge in [-0.15, -0.1) is 0 Å². The van der Waals surface area contributed by atoms with Crippen LogP contribution in [0.1, 0.15) is 0 Å². The third kappa shape index (κ3) is 12.1. The monoisotopic (exact) mass is 212 g/mol. The average molecular weight is 213 g/mol. The fourth-order valence-electron chi connectivity index (χ4n) is 0.415. The molecule has 0 aromatic heterocycles. The quantitative estimate of drug-likeness (QED) is 0.528. The summed E-state index contributed by atoms with van der Waals surface area (Å²) in [4.78, 5) is 0. The van der Waals surface area contributed by atoms with Crippen molar-refractivity contribution in [3.63, 3.8) is 0 Å². The summed E-state index contributed by atoms with van der Waals surface area (Å²) in [7, 11) is -0.137. The van der Waals surface area contributed by atoms with Crippen molar-refractivity contribution >= 4 is 20.0 Å². The van der Waals surface area contributed by atoms with Crippen LogP contribution in [0, 0.1) is 5.82 Å². The lowest BCUT2D eigenvalue weighted by molar-refractivity contribution is 0.501. The van der Waals surface area contributed by atoms with Gasteiger partial charge in [0.2, 0.25) is 0 Å². The largest absolute Gasteiger partial charge is 0.353 e. The molecule has 0 saturated heterocycles. The molecule has 0 radical (unpaired) electrons. The number of hydrogen-bond donors (Lipinski definition) is 1. The summed E-state index contributed by atoms with van der Waals surface area (Å²) in [6, 6.07) is 7.94. The summed E-state index contributed by atoms with van der Waals surface area (Å²) in [5.41, 5.74) is 0. The number of halogens is 2. The summed E-state index contributed by atoms with van der Waals surface area (Å²) in [6.07, 6.45) is 0. The van der Waals surface area contributed by atoms with Crippen molar-refractivity contribution < 1.29 is 17.4 Å². The minimum atomic E-state index is -4.19. The van der Waals surface area contributed by atoms with Gasteiger partial charge < -0.3 is 0 Å². The van der Waals surface area contributed by atoms with Crippen LogP contribution in [-0.4, -0.2) is 13.0 Å². The zero-order valence-electron chi connectivity index (χ0n) is 5.81. The Hall–Kier alpha value is -0.650. The molecule has 0 saturated carbocycles. The second-order valence-corrected chi connectivity index (χ2v) is 3.70. The molecule has 0 aliphatic carbocycles. The van der Waals surface area contributed by atoms with E-state index >= 15 is 0 Å². The Bertz CT molecular complexity index is 303. The van der Waals surface area contributed by atoms with E-state index in [1.807, 2.05) is 0 Å². The average Bonchev–Trinajstić information content (AvgIpc) is 1.85. The van der Waals surface area contributed by atoms with Gasteiger partial charge in [0.1, 0.15) is 5.82 Å². The van der Waals surface area contributed by atoms with E-state index in [-0.39, 0.29) is 5.82 Å². The Morgan fingerprint density at radius 3 is 1.75 bits per heavy atom. The van der Waals surface area contributed by atoms with Crippen LogP contribution in [0.5, 0.6) is 0 Å². The summed E-state index contributed by atoms with van der Waals surface area (Å²) in [5, 5.41) is 0. The Balaban J connectivity index is 0.000000217. The van der Waals surface area contributed by atoms with Gasteiger partial charge in [-0.05, 0) is 12.1 Å². The Kier molecular flexibility index (Phi) is 4.80. The molecule has 12 heavy (non-hydrogen) atoms. The summed E-state index contributed by atoms with van der Waals surface area (Å²) < 4.78 is 37.1. The summed E-state index contributed by atoms with van der Waals surface area (Å²) in [6.45, 7) is 0. The van der Waals surface area contributed by atoms with Gasteiger partial charge in [0.05, 0.1) is 0 Å². The van der Waals surface area contributed by atoms with Crippen LogP contribution in [-0.2, 0) is 9.33 Å². The van der Waals surface area contributed by atoms with Gasteiger partial charge in [0, 0.05) is 10.7 Å². The molecule has 0 unspecified atom stereocenters. The smallest absolute Gasteiger partial charge is 0.273 e. The molecule has 0 atom stereocenters. The fourth-order valence-corrected chi connectivity index (χ4v) is 0.415. The Labute approximate surface area is 74.0 Å². The van der Waals surface area contributed by atoms with Gasteiger partial charge in [-0.25, -0.2) is 4.39 Å². The molecule has 1 N–H and O–H groups in total. The molecule has 0 amide bonds. The highest BCUT2D eigenvalue weighted by Crippen LogP contribution is 1.91. The van der Waals surface area contributed by atoms with Crippen LogP contribution in [0.15, 0.2) is 30.3 Å². The first-order chi connectivity index (χ1) is 5.39.